The van der Waals surface area contributed by atoms with E-state index in [1.807, 2.05) is 42.0 Å². The number of imidazole rings is 1. The Morgan fingerprint density at radius 1 is 1.12 bits per heavy atom. The molecule has 0 radical (unpaired) electrons. The van der Waals surface area contributed by atoms with Crippen molar-refractivity contribution in [2.75, 3.05) is 6.61 Å². The van der Waals surface area contributed by atoms with E-state index in [9.17, 15) is 0 Å². The molecule has 0 aliphatic heterocycles. The van der Waals surface area contributed by atoms with Crippen LogP contribution in [0, 0.1) is 6.92 Å². The van der Waals surface area contributed by atoms with Crippen LogP contribution in [0.4, 0.5) is 0 Å². The molecule has 0 atom stereocenters. The molecule has 3 rings (SSSR count). The average molecular weight is 360 g/mol. The fourth-order valence-electron chi connectivity index (χ4n) is 2.78. The minimum atomic E-state index is 0.252. The summed E-state index contributed by atoms with van der Waals surface area (Å²) in [6.07, 6.45) is 8.31. The second-order valence-corrected chi connectivity index (χ2v) is 6.44. The van der Waals surface area contributed by atoms with E-state index in [4.69, 9.17) is 26.1 Å². The molecule has 0 aliphatic carbocycles. The molecule has 0 bridgehead atoms. The van der Waals surface area contributed by atoms with Crippen LogP contribution < -0.4 is 0 Å². The largest absolute Gasteiger partial charge is 0.427 e. The van der Waals surface area contributed by atoms with Gasteiger partial charge in [0, 0.05) is 36.0 Å². The van der Waals surface area contributed by atoms with Gasteiger partial charge in [0.25, 0.3) is 0 Å². The summed E-state index contributed by atoms with van der Waals surface area (Å²) >= 11 is 6.00. The summed E-state index contributed by atoms with van der Waals surface area (Å²) in [6, 6.07) is 8.17. The van der Waals surface area contributed by atoms with Crippen LogP contribution in [-0.4, -0.2) is 26.2 Å². The van der Waals surface area contributed by atoms with Crippen LogP contribution in [-0.2, 0) is 6.42 Å². The number of aryl methyl sites for hydroxylation is 2. The minimum absolute atomic E-state index is 0.252. The lowest BCUT2D eigenvalue weighted by atomic mass is 10.1. The Labute approximate surface area is 152 Å². The smallest absolute Gasteiger partial charge is 0.307 e. The van der Waals surface area contributed by atoms with Gasteiger partial charge in [0.15, 0.2) is 0 Å². The lowest BCUT2D eigenvalue weighted by Gasteiger charge is -2.02. The Kier molecular flexibility index (Phi) is 5.89. The third kappa shape index (κ3) is 4.30. The summed E-state index contributed by atoms with van der Waals surface area (Å²) in [5.41, 5.74) is 1.84. The molecule has 0 amide bonds. The zero-order valence-electron chi connectivity index (χ0n) is 14.3. The molecular weight excluding hydrogens is 338 g/mol. The van der Waals surface area contributed by atoms with Crippen LogP contribution in [0.2, 0.25) is 5.02 Å². The zero-order valence-corrected chi connectivity index (χ0v) is 15.0. The van der Waals surface area contributed by atoms with Gasteiger partial charge in [0.1, 0.15) is 17.3 Å². The molecule has 3 aromatic rings. The quantitative estimate of drug-likeness (QED) is 0.598. The number of aliphatic hydroxyl groups is 1. The first-order valence-corrected chi connectivity index (χ1v) is 8.93. The first-order chi connectivity index (χ1) is 12.2. The van der Waals surface area contributed by atoms with Crippen LogP contribution >= 0.6 is 11.6 Å². The minimum Gasteiger partial charge on any atom is -0.427 e. The van der Waals surface area contributed by atoms with Gasteiger partial charge in [-0.2, -0.15) is 4.98 Å². The van der Waals surface area contributed by atoms with Crippen molar-refractivity contribution in [1.29, 1.82) is 0 Å². The Morgan fingerprint density at radius 3 is 2.56 bits per heavy atom. The summed E-state index contributed by atoms with van der Waals surface area (Å²) in [4.78, 5) is 8.94. The summed E-state index contributed by atoms with van der Waals surface area (Å²) in [7, 11) is 0. The number of aliphatic hydroxyl groups excluding tert-OH is 1. The molecule has 1 N–H and O–H groups in total. The first-order valence-electron chi connectivity index (χ1n) is 8.56. The van der Waals surface area contributed by atoms with E-state index in [1.54, 1.807) is 6.20 Å². The third-order valence-electron chi connectivity index (χ3n) is 4.15. The molecule has 1 aromatic carbocycles. The van der Waals surface area contributed by atoms with Crippen molar-refractivity contribution < 1.29 is 9.52 Å². The summed E-state index contributed by atoms with van der Waals surface area (Å²) < 4.78 is 7.90. The molecule has 0 spiro atoms. The van der Waals surface area contributed by atoms with E-state index in [-0.39, 0.29) is 6.61 Å². The molecule has 0 saturated heterocycles. The predicted molar refractivity (Wildman–Crippen MR) is 98.1 cm³/mol. The lowest BCUT2D eigenvalue weighted by molar-refractivity contribution is 0.282. The Balaban J connectivity index is 1.86. The number of hydrogen-bond donors (Lipinski definition) is 1. The highest BCUT2D eigenvalue weighted by Gasteiger charge is 2.17. The molecule has 0 saturated carbocycles. The first kappa shape index (κ1) is 17.7. The van der Waals surface area contributed by atoms with Crippen molar-refractivity contribution in [2.24, 2.45) is 0 Å². The van der Waals surface area contributed by atoms with E-state index in [2.05, 4.69) is 4.98 Å². The van der Waals surface area contributed by atoms with E-state index >= 15 is 0 Å². The second kappa shape index (κ2) is 8.32. The number of nitrogens with zero attached hydrogens (tertiary/aromatic N) is 3. The van der Waals surface area contributed by atoms with Gasteiger partial charge in [-0.3, -0.25) is 4.57 Å². The molecule has 132 valence electrons. The van der Waals surface area contributed by atoms with Gasteiger partial charge in [0.2, 0.25) is 0 Å². The van der Waals surface area contributed by atoms with E-state index in [1.165, 1.54) is 0 Å². The van der Waals surface area contributed by atoms with Crippen molar-refractivity contribution in [3.8, 4) is 17.3 Å². The molecule has 2 heterocycles. The maximum Gasteiger partial charge on any atom is 0.307 e. The maximum absolute atomic E-state index is 8.88. The summed E-state index contributed by atoms with van der Waals surface area (Å²) in [5.74, 6) is 1.70. The maximum atomic E-state index is 8.88. The molecule has 0 unspecified atom stereocenters. The SMILES string of the molecule is Cc1nccn1-c1nc(-c2ccc(Cl)cc2)c(CCCCCCO)o1. The molecule has 25 heavy (non-hydrogen) atoms. The van der Waals surface area contributed by atoms with E-state index < -0.39 is 0 Å². The monoisotopic (exact) mass is 359 g/mol. The van der Waals surface area contributed by atoms with Crippen LogP contribution in [0.15, 0.2) is 41.1 Å². The Bertz CT molecular complexity index is 808. The van der Waals surface area contributed by atoms with Crippen LogP contribution in [0.3, 0.4) is 0 Å². The van der Waals surface area contributed by atoms with Gasteiger partial charge in [-0.05, 0) is 31.9 Å². The lowest BCUT2D eigenvalue weighted by Crippen LogP contribution is -1.95. The average Bonchev–Trinajstić information content (AvgIpc) is 3.21. The highest BCUT2D eigenvalue weighted by molar-refractivity contribution is 6.30. The van der Waals surface area contributed by atoms with E-state index in [0.717, 1.165) is 54.9 Å². The Hall–Kier alpha value is -2.11. The standard InChI is InChI=1S/C19H22ClN3O2/c1-14-21-11-12-23(14)19-22-18(15-7-9-16(20)10-8-15)17(25-19)6-4-2-3-5-13-24/h7-12,24H,2-6,13H2,1H3. The van der Waals surface area contributed by atoms with Crippen molar-refractivity contribution in [3.05, 3.63) is 53.3 Å². The number of aromatic nitrogens is 3. The van der Waals surface area contributed by atoms with Crippen molar-refractivity contribution in [2.45, 2.75) is 39.0 Å². The highest BCUT2D eigenvalue weighted by atomic mass is 35.5. The fourth-order valence-corrected chi connectivity index (χ4v) is 2.90. The number of benzene rings is 1. The normalized spacial score (nSPS) is 11.2. The topological polar surface area (TPSA) is 64.1 Å². The third-order valence-corrected chi connectivity index (χ3v) is 4.40. The highest BCUT2D eigenvalue weighted by Crippen LogP contribution is 2.28. The van der Waals surface area contributed by atoms with Crippen molar-refractivity contribution >= 4 is 11.6 Å². The van der Waals surface area contributed by atoms with Crippen LogP contribution in [0.25, 0.3) is 17.3 Å². The van der Waals surface area contributed by atoms with Crippen molar-refractivity contribution in [3.63, 3.8) is 0 Å². The van der Waals surface area contributed by atoms with Gasteiger partial charge >= 0.3 is 6.01 Å². The Morgan fingerprint density at radius 2 is 1.88 bits per heavy atom. The number of hydrogen-bond acceptors (Lipinski definition) is 4. The summed E-state index contributed by atoms with van der Waals surface area (Å²) in [6.45, 7) is 2.17. The zero-order chi connectivity index (χ0) is 17.6. The number of rotatable bonds is 8. The molecule has 5 nitrogen and oxygen atoms in total. The van der Waals surface area contributed by atoms with Gasteiger partial charge in [0.05, 0.1) is 0 Å². The molecule has 0 fully saturated rings. The van der Waals surface area contributed by atoms with Gasteiger partial charge in [-0.25, -0.2) is 4.98 Å². The van der Waals surface area contributed by atoms with Gasteiger partial charge in [-0.1, -0.05) is 36.6 Å². The molecule has 6 heteroatoms. The second-order valence-electron chi connectivity index (χ2n) is 6.01. The van der Waals surface area contributed by atoms with Gasteiger partial charge < -0.3 is 9.52 Å². The van der Waals surface area contributed by atoms with E-state index in [0.29, 0.717) is 11.0 Å². The fraction of sp³-hybridized carbons (Fsp3) is 0.368. The number of oxazole rings is 1. The van der Waals surface area contributed by atoms with Gasteiger partial charge in [-0.15, -0.1) is 0 Å². The molecular formula is C19H22ClN3O2. The predicted octanol–water partition coefficient (Wildman–Crippen LogP) is 4.58. The number of unbranched alkanes of at least 4 members (excludes halogenated alkanes) is 3. The molecule has 2 aromatic heterocycles. The van der Waals surface area contributed by atoms with Crippen molar-refractivity contribution in [1.82, 2.24) is 14.5 Å². The molecule has 0 aliphatic rings. The number of halogens is 1. The summed E-state index contributed by atoms with van der Waals surface area (Å²) in [5, 5.41) is 9.58. The van der Waals surface area contributed by atoms with Crippen LogP contribution in [0.5, 0.6) is 0 Å². The van der Waals surface area contributed by atoms with Crippen LogP contribution in [0.1, 0.15) is 37.3 Å².